The van der Waals surface area contributed by atoms with Crippen LogP contribution in [0.2, 0.25) is 0 Å². The van der Waals surface area contributed by atoms with E-state index in [1.54, 1.807) is 23.1 Å². The van der Waals surface area contributed by atoms with Crippen molar-refractivity contribution in [3.63, 3.8) is 0 Å². The number of rotatable bonds is 4. The third kappa shape index (κ3) is 3.23. The van der Waals surface area contributed by atoms with E-state index in [1.807, 2.05) is 29.0 Å². The fourth-order valence-electron chi connectivity index (χ4n) is 4.41. The molecule has 0 bridgehead atoms. The second-order valence-corrected chi connectivity index (χ2v) is 9.53. The number of aromatic nitrogens is 3. The zero-order valence-electron chi connectivity index (χ0n) is 15.3. The summed E-state index contributed by atoms with van der Waals surface area (Å²) >= 11 is 3.41. The fourth-order valence-corrected chi connectivity index (χ4v) is 6.69. The first-order valence-corrected chi connectivity index (χ1v) is 11.7. The maximum absolute atomic E-state index is 13.6. The summed E-state index contributed by atoms with van der Waals surface area (Å²) in [5, 5.41) is 1.80. The minimum absolute atomic E-state index is 0.204. The molecule has 0 aromatic carbocycles. The number of thioether (sulfide) groups is 1. The van der Waals surface area contributed by atoms with Gasteiger partial charge in [0.1, 0.15) is 4.83 Å². The van der Waals surface area contributed by atoms with Crippen molar-refractivity contribution in [2.45, 2.75) is 68.3 Å². The maximum Gasteiger partial charge on any atom is 0.263 e. The summed E-state index contributed by atoms with van der Waals surface area (Å²) in [6.45, 7) is 0. The molecule has 0 saturated heterocycles. The van der Waals surface area contributed by atoms with E-state index in [-0.39, 0.29) is 5.56 Å². The van der Waals surface area contributed by atoms with Crippen molar-refractivity contribution in [1.29, 1.82) is 0 Å². The van der Waals surface area contributed by atoms with E-state index >= 15 is 0 Å². The minimum Gasteiger partial charge on any atom is -0.284 e. The Balaban J connectivity index is 1.61. The van der Waals surface area contributed by atoms with Crippen LogP contribution in [0.1, 0.15) is 60.7 Å². The predicted molar refractivity (Wildman–Crippen MR) is 112 cm³/mol. The van der Waals surface area contributed by atoms with Gasteiger partial charge in [-0.1, -0.05) is 30.7 Å². The van der Waals surface area contributed by atoms with Crippen LogP contribution in [-0.4, -0.2) is 14.5 Å². The van der Waals surface area contributed by atoms with Gasteiger partial charge in [0, 0.05) is 22.9 Å². The lowest BCUT2D eigenvalue weighted by atomic mass is 9.97. The standard InChI is InChI=1S/C21H23N3OS2/c25-20-18-16-10-3-4-11-17(16)27-19(18)23-21(24(20)15-8-1-2-9-15)26-13-14-7-5-6-12-22-14/h5-7,12,15H,1-4,8-11,13H2. The van der Waals surface area contributed by atoms with Gasteiger partial charge in [-0.05, 0) is 56.2 Å². The molecular weight excluding hydrogens is 374 g/mol. The molecule has 0 radical (unpaired) electrons. The molecule has 4 nitrogen and oxygen atoms in total. The van der Waals surface area contributed by atoms with Gasteiger partial charge in [0.05, 0.1) is 11.1 Å². The molecule has 0 spiro atoms. The first-order valence-electron chi connectivity index (χ1n) is 9.91. The molecule has 0 N–H and O–H groups in total. The summed E-state index contributed by atoms with van der Waals surface area (Å²) in [6, 6.07) is 6.28. The fraction of sp³-hybridized carbons (Fsp3) is 0.476. The van der Waals surface area contributed by atoms with Crippen LogP contribution in [-0.2, 0) is 18.6 Å². The van der Waals surface area contributed by atoms with Crippen LogP contribution in [0.25, 0.3) is 10.2 Å². The molecule has 3 aromatic heterocycles. The zero-order valence-corrected chi connectivity index (χ0v) is 17.0. The largest absolute Gasteiger partial charge is 0.284 e. The van der Waals surface area contributed by atoms with E-state index in [1.165, 1.54) is 36.1 Å². The molecule has 2 aliphatic carbocycles. The van der Waals surface area contributed by atoms with Crippen molar-refractivity contribution in [3.8, 4) is 0 Å². The monoisotopic (exact) mass is 397 g/mol. The Morgan fingerprint density at radius 1 is 1.15 bits per heavy atom. The van der Waals surface area contributed by atoms with Crippen LogP contribution in [0.5, 0.6) is 0 Å². The van der Waals surface area contributed by atoms with Crippen LogP contribution in [0.3, 0.4) is 0 Å². The first-order chi connectivity index (χ1) is 13.3. The van der Waals surface area contributed by atoms with Crippen molar-refractivity contribution >= 4 is 33.3 Å². The highest BCUT2D eigenvalue weighted by atomic mass is 32.2. The summed E-state index contributed by atoms with van der Waals surface area (Å²) in [7, 11) is 0. The Labute approximate surface area is 167 Å². The molecule has 3 heterocycles. The molecule has 0 amide bonds. The van der Waals surface area contributed by atoms with E-state index < -0.39 is 0 Å². The Morgan fingerprint density at radius 2 is 2.00 bits per heavy atom. The number of thiophene rings is 1. The molecular formula is C21H23N3OS2. The minimum atomic E-state index is 0.204. The van der Waals surface area contributed by atoms with Crippen LogP contribution < -0.4 is 5.56 Å². The Hall–Kier alpha value is -1.66. The normalized spacial score (nSPS) is 17.5. The average Bonchev–Trinajstić information content (AvgIpc) is 3.34. The first kappa shape index (κ1) is 17.4. The molecule has 0 atom stereocenters. The molecule has 0 aliphatic heterocycles. The Bertz CT molecular complexity index is 1020. The Morgan fingerprint density at radius 3 is 2.81 bits per heavy atom. The van der Waals surface area contributed by atoms with E-state index in [4.69, 9.17) is 4.98 Å². The molecule has 1 saturated carbocycles. The van der Waals surface area contributed by atoms with Gasteiger partial charge in [-0.15, -0.1) is 11.3 Å². The quantitative estimate of drug-likeness (QED) is 0.452. The van der Waals surface area contributed by atoms with Gasteiger partial charge in [0.25, 0.3) is 5.56 Å². The summed E-state index contributed by atoms with van der Waals surface area (Å²) < 4.78 is 2.03. The van der Waals surface area contributed by atoms with Gasteiger partial charge >= 0.3 is 0 Å². The Kier molecular flexibility index (Phi) is 4.78. The second kappa shape index (κ2) is 7.40. The molecule has 6 heteroatoms. The lowest BCUT2D eigenvalue weighted by Gasteiger charge is -2.18. The highest BCUT2D eigenvalue weighted by Crippen LogP contribution is 2.37. The number of hydrogen-bond donors (Lipinski definition) is 0. The zero-order chi connectivity index (χ0) is 18.2. The van der Waals surface area contributed by atoms with Crippen molar-refractivity contribution in [3.05, 3.63) is 50.9 Å². The number of hydrogen-bond acceptors (Lipinski definition) is 5. The molecule has 27 heavy (non-hydrogen) atoms. The number of pyridine rings is 1. The van der Waals surface area contributed by atoms with Gasteiger partial charge in [-0.25, -0.2) is 4.98 Å². The molecule has 2 aliphatic rings. The third-order valence-corrected chi connectivity index (χ3v) is 7.93. The van der Waals surface area contributed by atoms with Crippen LogP contribution >= 0.6 is 23.1 Å². The van der Waals surface area contributed by atoms with E-state index in [0.717, 1.165) is 52.5 Å². The van der Waals surface area contributed by atoms with Crippen molar-refractivity contribution < 1.29 is 0 Å². The second-order valence-electron chi connectivity index (χ2n) is 7.51. The summed E-state index contributed by atoms with van der Waals surface area (Å²) in [5.41, 5.74) is 2.53. The van der Waals surface area contributed by atoms with Crippen LogP contribution in [0, 0.1) is 0 Å². The SMILES string of the molecule is O=c1c2c3c(sc2nc(SCc2ccccn2)n1C1CCCC1)CCCC3. The highest BCUT2D eigenvalue weighted by molar-refractivity contribution is 7.98. The number of fused-ring (bicyclic) bond motifs is 3. The average molecular weight is 398 g/mol. The van der Waals surface area contributed by atoms with E-state index in [9.17, 15) is 4.79 Å². The number of aryl methyl sites for hydroxylation is 2. The molecule has 3 aromatic rings. The molecule has 140 valence electrons. The molecule has 0 unspecified atom stereocenters. The van der Waals surface area contributed by atoms with Gasteiger partial charge in [-0.3, -0.25) is 14.3 Å². The lowest BCUT2D eigenvalue weighted by Crippen LogP contribution is -2.26. The van der Waals surface area contributed by atoms with Crippen LogP contribution in [0.15, 0.2) is 34.3 Å². The topological polar surface area (TPSA) is 47.8 Å². The van der Waals surface area contributed by atoms with Crippen molar-refractivity contribution in [1.82, 2.24) is 14.5 Å². The van der Waals surface area contributed by atoms with Gasteiger partial charge in [0.2, 0.25) is 0 Å². The highest BCUT2D eigenvalue weighted by Gasteiger charge is 2.26. The molecule has 1 fully saturated rings. The smallest absolute Gasteiger partial charge is 0.263 e. The van der Waals surface area contributed by atoms with Crippen molar-refractivity contribution in [2.75, 3.05) is 0 Å². The molecule has 5 rings (SSSR count). The van der Waals surface area contributed by atoms with Crippen LogP contribution in [0.4, 0.5) is 0 Å². The third-order valence-electron chi connectivity index (χ3n) is 5.75. The van der Waals surface area contributed by atoms with Gasteiger partial charge in [-0.2, -0.15) is 0 Å². The van der Waals surface area contributed by atoms with Gasteiger partial charge in [0.15, 0.2) is 5.16 Å². The summed E-state index contributed by atoms with van der Waals surface area (Å²) in [5.74, 6) is 0.747. The van der Waals surface area contributed by atoms with E-state index in [0.29, 0.717) is 6.04 Å². The summed E-state index contributed by atoms with van der Waals surface area (Å²) in [6.07, 6.45) is 11.0. The predicted octanol–water partition coefficient (Wildman–Crippen LogP) is 5.14. The summed E-state index contributed by atoms with van der Waals surface area (Å²) in [4.78, 5) is 25.4. The van der Waals surface area contributed by atoms with Gasteiger partial charge < -0.3 is 0 Å². The van der Waals surface area contributed by atoms with E-state index in [2.05, 4.69) is 4.98 Å². The maximum atomic E-state index is 13.6. The lowest BCUT2D eigenvalue weighted by molar-refractivity contribution is 0.457. The van der Waals surface area contributed by atoms with Crippen molar-refractivity contribution in [2.24, 2.45) is 0 Å². The number of nitrogens with zero attached hydrogens (tertiary/aromatic N) is 3.